The number of hydrogen-bond donors (Lipinski definition) is 0. The van der Waals surface area contributed by atoms with Gasteiger partial charge in [-0.25, -0.2) is 4.98 Å². The number of carbonyl (C=O) groups excluding carboxylic acids is 1. The maximum absolute atomic E-state index is 12.8. The van der Waals surface area contributed by atoms with Gasteiger partial charge in [-0.1, -0.05) is 29.8 Å². The Morgan fingerprint density at radius 3 is 2.55 bits per heavy atom. The first-order valence-corrected chi connectivity index (χ1v) is 10.2. The molecule has 0 bridgehead atoms. The van der Waals surface area contributed by atoms with Crippen molar-refractivity contribution in [1.82, 2.24) is 4.98 Å². The second kappa shape index (κ2) is 8.23. The molecule has 0 aliphatic rings. The van der Waals surface area contributed by atoms with Crippen LogP contribution in [0.1, 0.15) is 15.9 Å². The lowest BCUT2D eigenvalue weighted by Gasteiger charge is -2.10. The molecule has 146 valence electrons. The largest absolute Gasteiger partial charge is 0.493 e. The van der Waals surface area contributed by atoms with Gasteiger partial charge in [0.25, 0.3) is 0 Å². The van der Waals surface area contributed by atoms with Gasteiger partial charge in [0.15, 0.2) is 17.3 Å². The molecule has 0 N–H and O–H groups in total. The minimum atomic E-state index is -0.0106. The van der Waals surface area contributed by atoms with E-state index in [-0.39, 0.29) is 12.2 Å². The van der Waals surface area contributed by atoms with Crippen LogP contribution in [0.2, 0.25) is 5.02 Å². The number of fused-ring (bicyclic) bond motifs is 1. The second-order valence-corrected chi connectivity index (χ2v) is 7.91. The number of aromatic nitrogens is 1. The maximum Gasteiger partial charge on any atom is 0.167 e. The molecular weight excluding hydrogens is 406 g/mol. The number of ketones is 1. The van der Waals surface area contributed by atoms with E-state index in [2.05, 4.69) is 4.98 Å². The third-order valence-corrected chi connectivity index (χ3v) is 6.02. The molecule has 0 fully saturated rings. The second-order valence-electron chi connectivity index (χ2n) is 6.47. The number of halogens is 1. The van der Waals surface area contributed by atoms with Crippen LogP contribution < -0.4 is 9.47 Å². The van der Waals surface area contributed by atoms with Crippen molar-refractivity contribution in [2.75, 3.05) is 14.2 Å². The molecule has 0 spiro atoms. The Balaban J connectivity index is 1.63. The monoisotopic (exact) mass is 423 g/mol. The molecule has 3 aromatic carbocycles. The predicted octanol–water partition coefficient (Wildman–Crippen LogP) is 6.06. The summed E-state index contributed by atoms with van der Waals surface area (Å²) in [6.07, 6.45) is 0.255. The van der Waals surface area contributed by atoms with Crippen LogP contribution in [-0.2, 0) is 6.42 Å². The van der Waals surface area contributed by atoms with Crippen molar-refractivity contribution in [1.29, 1.82) is 0 Å². The van der Waals surface area contributed by atoms with E-state index >= 15 is 0 Å². The van der Waals surface area contributed by atoms with Crippen LogP contribution in [0.4, 0.5) is 0 Å². The number of carbonyl (C=O) groups is 1. The SMILES string of the molecule is COc1ccc(C(=O)Cc2ccc(Cl)c(-c3nc4ccccc4s3)c2)cc1OC. The lowest BCUT2D eigenvalue weighted by Crippen LogP contribution is -2.04. The molecule has 0 atom stereocenters. The van der Waals surface area contributed by atoms with E-state index < -0.39 is 0 Å². The zero-order valence-corrected chi connectivity index (χ0v) is 17.5. The first-order chi connectivity index (χ1) is 14.1. The van der Waals surface area contributed by atoms with E-state index in [9.17, 15) is 4.79 Å². The average Bonchev–Trinajstić information content (AvgIpc) is 3.18. The van der Waals surface area contributed by atoms with Crippen LogP contribution in [0.15, 0.2) is 60.7 Å². The van der Waals surface area contributed by atoms with Gasteiger partial charge in [0.2, 0.25) is 0 Å². The zero-order valence-electron chi connectivity index (χ0n) is 15.9. The fourth-order valence-corrected chi connectivity index (χ4v) is 4.39. The van der Waals surface area contributed by atoms with E-state index in [1.807, 2.05) is 42.5 Å². The lowest BCUT2D eigenvalue weighted by atomic mass is 10.0. The lowest BCUT2D eigenvalue weighted by molar-refractivity contribution is 0.0992. The molecule has 0 aliphatic carbocycles. The van der Waals surface area contributed by atoms with E-state index in [1.54, 1.807) is 43.8 Å². The molecule has 0 amide bonds. The van der Waals surface area contributed by atoms with Crippen LogP contribution >= 0.6 is 22.9 Å². The Labute approximate surface area is 177 Å². The number of thiazole rings is 1. The van der Waals surface area contributed by atoms with Gasteiger partial charge in [-0.3, -0.25) is 4.79 Å². The Morgan fingerprint density at radius 1 is 1.00 bits per heavy atom. The number of ether oxygens (including phenoxy) is 2. The van der Waals surface area contributed by atoms with Gasteiger partial charge in [0, 0.05) is 17.5 Å². The molecule has 0 unspecified atom stereocenters. The topological polar surface area (TPSA) is 48.4 Å². The summed E-state index contributed by atoms with van der Waals surface area (Å²) in [5, 5.41) is 1.46. The van der Waals surface area contributed by atoms with E-state index in [0.29, 0.717) is 22.1 Å². The summed E-state index contributed by atoms with van der Waals surface area (Å²) in [6.45, 7) is 0. The van der Waals surface area contributed by atoms with Crippen LogP contribution in [0.25, 0.3) is 20.8 Å². The van der Waals surface area contributed by atoms with Crippen LogP contribution in [0.3, 0.4) is 0 Å². The van der Waals surface area contributed by atoms with Gasteiger partial charge < -0.3 is 9.47 Å². The molecule has 0 saturated carbocycles. The highest BCUT2D eigenvalue weighted by molar-refractivity contribution is 7.21. The summed E-state index contributed by atoms with van der Waals surface area (Å²) in [5.41, 5.74) is 3.23. The summed E-state index contributed by atoms with van der Waals surface area (Å²) in [7, 11) is 3.12. The highest BCUT2D eigenvalue weighted by Gasteiger charge is 2.15. The third kappa shape index (κ3) is 3.97. The zero-order chi connectivity index (χ0) is 20.4. The van der Waals surface area contributed by atoms with Crippen molar-refractivity contribution in [2.24, 2.45) is 0 Å². The molecule has 1 aromatic heterocycles. The Bertz CT molecular complexity index is 1170. The van der Waals surface area contributed by atoms with Crippen molar-refractivity contribution in [3.05, 3.63) is 76.8 Å². The quantitative estimate of drug-likeness (QED) is 0.354. The van der Waals surface area contributed by atoms with Gasteiger partial charge in [-0.15, -0.1) is 11.3 Å². The number of benzene rings is 3. The molecule has 0 radical (unpaired) electrons. The summed E-state index contributed by atoms with van der Waals surface area (Å²) in [6, 6.07) is 18.8. The number of Topliss-reactive ketones (excluding diaryl/α,β-unsaturated/α-hetero) is 1. The number of nitrogens with zero attached hydrogens (tertiary/aromatic N) is 1. The molecule has 1 heterocycles. The van der Waals surface area contributed by atoms with E-state index in [1.165, 1.54) is 0 Å². The average molecular weight is 424 g/mol. The van der Waals surface area contributed by atoms with Crippen molar-refractivity contribution in [3.63, 3.8) is 0 Å². The molecular formula is C23H18ClNO3S. The molecule has 6 heteroatoms. The number of methoxy groups -OCH3 is 2. The summed E-state index contributed by atoms with van der Waals surface area (Å²) >= 11 is 8.02. The fraction of sp³-hybridized carbons (Fsp3) is 0.130. The van der Waals surface area contributed by atoms with Crippen molar-refractivity contribution in [3.8, 4) is 22.1 Å². The minimum absolute atomic E-state index is 0.0106. The first kappa shape index (κ1) is 19.4. The summed E-state index contributed by atoms with van der Waals surface area (Å²) in [5.74, 6) is 1.11. The van der Waals surface area contributed by atoms with Gasteiger partial charge in [-0.2, -0.15) is 0 Å². The molecule has 4 aromatic rings. The molecule has 0 aliphatic heterocycles. The smallest absolute Gasteiger partial charge is 0.167 e. The summed E-state index contributed by atoms with van der Waals surface area (Å²) in [4.78, 5) is 17.5. The highest BCUT2D eigenvalue weighted by atomic mass is 35.5. The Hall–Kier alpha value is -2.89. The normalized spacial score (nSPS) is 10.9. The van der Waals surface area contributed by atoms with Crippen LogP contribution in [0.5, 0.6) is 11.5 Å². The number of para-hydroxylation sites is 1. The molecule has 0 saturated heterocycles. The van der Waals surface area contributed by atoms with E-state index in [0.717, 1.165) is 26.4 Å². The number of rotatable bonds is 6. The third-order valence-electron chi connectivity index (χ3n) is 4.63. The van der Waals surface area contributed by atoms with Crippen molar-refractivity contribution < 1.29 is 14.3 Å². The van der Waals surface area contributed by atoms with Gasteiger partial charge in [0.1, 0.15) is 5.01 Å². The van der Waals surface area contributed by atoms with Crippen LogP contribution in [0, 0.1) is 0 Å². The summed E-state index contributed by atoms with van der Waals surface area (Å²) < 4.78 is 11.6. The molecule has 4 rings (SSSR count). The standard InChI is InChI=1S/C23H18ClNO3S/c1-27-20-10-8-15(13-21(20)28-2)19(26)12-14-7-9-17(24)16(11-14)23-25-18-5-3-4-6-22(18)29-23/h3-11,13H,12H2,1-2H3. The highest BCUT2D eigenvalue weighted by Crippen LogP contribution is 2.35. The fourth-order valence-electron chi connectivity index (χ4n) is 3.13. The van der Waals surface area contributed by atoms with Crippen molar-refractivity contribution >= 4 is 38.9 Å². The first-order valence-electron chi connectivity index (χ1n) is 8.98. The predicted molar refractivity (Wildman–Crippen MR) is 118 cm³/mol. The maximum atomic E-state index is 12.8. The Morgan fingerprint density at radius 2 is 1.79 bits per heavy atom. The van der Waals surface area contributed by atoms with E-state index in [4.69, 9.17) is 21.1 Å². The van der Waals surface area contributed by atoms with Gasteiger partial charge in [-0.05, 0) is 48.0 Å². The minimum Gasteiger partial charge on any atom is -0.493 e. The Kier molecular flexibility index (Phi) is 5.51. The molecule has 29 heavy (non-hydrogen) atoms. The molecule has 4 nitrogen and oxygen atoms in total. The van der Waals surface area contributed by atoms with Gasteiger partial charge in [0.05, 0.1) is 29.5 Å². The van der Waals surface area contributed by atoms with Crippen molar-refractivity contribution in [2.45, 2.75) is 6.42 Å². The van der Waals surface area contributed by atoms with Crippen LogP contribution in [-0.4, -0.2) is 25.0 Å². The number of hydrogen-bond acceptors (Lipinski definition) is 5. The van der Waals surface area contributed by atoms with Gasteiger partial charge >= 0.3 is 0 Å².